The summed E-state index contributed by atoms with van der Waals surface area (Å²) < 4.78 is 5.21. The second kappa shape index (κ2) is 13.8. The third-order valence-electron chi connectivity index (χ3n) is 7.36. The smallest absolute Gasteiger partial charge is 0.251 e. The first-order valence-electron chi connectivity index (χ1n) is 13.3. The number of aryl methyl sites for hydroxylation is 1. The van der Waals surface area contributed by atoms with Crippen LogP contribution in [0.1, 0.15) is 84.8 Å². The van der Waals surface area contributed by atoms with Crippen LogP contribution < -0.4 is 10.6 Å². The molecule has 1 fully saturated rings. The number of hydrogen-bond acceptors (Lipinski definition) is 4. The lowest BCUT2D eigenvalue weighted by Crippen LogP contribution is -2.42. The maximum Gasteiger partial charge on any atom is 0.251 e. The highest BCUT2D eigenvalue weighted by atomic mass is 16.5. The molecule has 1 amide bonds. The second-order valence-corrected chi connectivity index (χ2v) is 10.2. The molecule has 1 aliphatic rings. The number of carbonyl (C=O) groups excluding carboxylic acids is 1. The van der Waals surface area contributed by atoms with Crippen LogP contribution in [0.2, 0.25) is 0 Å². The number of aliphatic hydroxyl groups is 1. The van der Waals surface area contributed by atoms with Gasteiger partial charge >= 0.3 is 0 Å². The highest BCUT2D eigenvalue weighted by Crippen LogP contribution is 2.35. The lowest BCUT2D eigenvalue weighted by Gasteiger charge is -2.30. The highest BCUT2D eigenvalue weighted by molar-refractivity contribution is 5.94. The number of amides is 1. The van der Waals surface area contributed by atoms with Crippen molar-refractivity contribution in [1.29, 1.82) is 0 Å². The Labute approximate surface area is 211 Å². The third kappa shape index (κ3) is 7.89. The molecule has 192 valence electrons. The van der Waals surface area contributed by atoms with Gasteiger partial charge in [0.1, 0.15) is 5.60 Å². The normalized spacial score (nSPS) is 17.0. The van der Waals surface area contributed by atoms with Crippen molar-refractivity contribution in [1.82, 2.24) is 10.6 Å². The molecule has 2 aromatic rings. The van der Waals surface area contributed by atoms with Crippen molar-refractivity contribution in [3.63, 3.8) is 0 Å². The lowest BCUT2D eigenvalue weighted by atomic mass is 9.81. The minimum Gasteiger partial charge on any atom is -0.385 e. The van der Waals surface area contributed by atoms with E-state index in [2.05, 4.69) is 10.6 Å². The fraction of sp³-hybridized carbons (Fsp3) is 0.567. The van der Waals surface area contributed by atoms with E-state index in [1.807, 2.05) is 62.5 Å². The van der Waals surface area contributed by atoms with Crippen LogP contribution in [-0.4, -0.2) is 44.4 Å². The van der Waals surface area contributed by atoms with Crippen LogP contribution in [0.4, 0.5) is 0 Å². The molecule has 0 radical (unpaired) electrons. The van der Waals surface area contributed by atoms with E-state index in [0.29, 0.717) is 24.5 Å². The van der Waals surface area contributed by atoms with Crippen LogP contribution in [0.25, 0.3) is 0 Å². The zero-order valence-electron chi connectivity index (χ0n) is 21.8. The molecule has 2 aromatic carbocycles. The average molecular weight is 481 g/mol. The predicted octanol–water partition coefficient (Wildman–Crippen LogP) is 5.34. The number of nitrogens with one attached hydrogen (secondary N) is 2. The Balaban J connectivity index is 1.80. The summed E-state index contributed by atoms with van der Waals surface area (Å²) in [6.07, 6.45) is 9.73. The Morgan fingerprint density at radius 1 is 1.09 bits per heavy atom. The van der Waals surface area contributed by atoms with Crippen LogP contribution >= 0.6 is 0 Å². The standard InChI is InChI=1S/C30H44N2O3/c1-23-11-9-15-26(19-23)30(34,17-7-8-18-35-3)27-16-10-14-25(21-27)29(33)32-28(22-31-2)20-24-12-5-4-6-13-24/h9-11,14-16,19,21,24,28,31,34H,4-8,12-13,17-18,20,22H2,1-3H3,(H,32,33). The lowest BCUT2D eigenvalue weighted by molar-refractivity contribution is 0.0649. The van der Waals surface area contributed by atoms with Gasteiger partial charge < -0.3 is 20.5 Å². The van der Waals surface area contributed by atoms with Crippen molar-refractivity contribution in [2.75, 3.05) is 27.3 Å². The molecule has 0 saturated heterocycles. The second-order valence-electron chi connectivity index (χ2n) is 10.2. The molecule has 0 spiro atoms. The maximum atomic E-state index is 13.3. The van der Waals surface area contributed by atoms with Crippen LogP contribution in [0, 0.1) is 12.8 Å². The Morgan fingerprint density at radius 3 is 2.49 bits per heavy atom. The summed E-state index contributed by atoms with van der Waals surface area (Å²) in [5.74, 6) is 0.612. The van der Waals surface area contributed by atoms with E-state index in [1.54, 1.807) is 7.11 Å². The van der Waals surface area contributed by atoms with Gasteiger partial charge in [0.15, 0.2) is 0 Å². The number of hydrogen-bond donors (Lipinski definition) is 3. The van der Waals surface area contributed by atoms with Gasteiger partial charge in [-0.25, -0.2) is 0 Å². The molecule has 35 heavy (non-hydrogen) atoms. The van der Waals surface area contributed by atoms with Gasteiger partial charge in [-0.05, 0) is 68.8 Å². The van der Waals surface area contributed by atoms with E-state index >= 15 is 0 Å². The van der Waals surface area contributed by atoms with Gasteiger partial charge in [0.25, 0.3) is 5.91 Å². The van der Waals surface area contributed by atoms with E-state index in [-0.39, 0.29) is 11.9 Å². The van der Waals surface area contributed by atoms with Crippen molar-refractivity contribution in [3.8, 4) is 0 Å². The topological polar surface area (TPSA) is 70.6 Å². The number of ether oxygens (including phenoxy) is 1. The molecular formula is C30H44N2O3. The van der Waals surface area contributed by atoms with Gasteiger partial charge in [0.2, 0.25) is 0 Å². The van der Waals surface area contributed by atoms with Crippen molar-refractivity contribution in [2.24, 2.45) is 5.92 Å². The molecule has 2 atom stereocenters. The summed E-state index contributed by atoms with van der Waals surface area (Å²) in [7, 11) is 3.64. The van der Waals surface area contributed by atoms with Gasteiger partial charge in [0.05, 0.1) is 0 Å². The summed E-state index contributed by atoms with van der Waals surface area (Å²) in [5, 5.41) is 18.5. The molecule has 1 aliphatic carbocycles. The Hall–Kier alpha value is -2.21. The molecule has 0 aromatic heterocycles. The quantitative estimate of drug-likeness (QED) is 0.339. The minimum absolute atomic E-state index is 0.0751. The van der Waals surface area contributed by atoms with Crippen LogP contribution in [0.5, 0.6) is 0 Å². The van der Waals surface area contributed by atoms with Crippen molar-refractivity contribution >= 4 is 5.91 Å². The monoisotopic (exact) mass is 480 g/mol. The first kappa shape index (κ1) is 27.4. The molecule has 5 heteroatoms. The number of methoxy groups -OCH3 is 1. The zero-order chi connectivity index (χ0) is 25.1. The van der Waals surface area contributed by atoms with Gasteiger partial charge in [0, 0.05) is 31.9 Å². The molecule has 0 heterocycles. The van der Waals surface area contributed by atoms with Crippen LogP contribution in [0.15, 0.2) is 48.5 Å². The largest absolute Gasteiger partial charge is 0.385 e. The van der Waals surface area contributed by atoms with Crippen LogP contribution in [0.3, 0.4) is 0 Å². The Morgan fingerprint density at radius 2 is 1.80 bits per heavy atom. The fourth-order valence-corrected chi connectivity index (χ4v) is 5.44. The van der Waals surface area contributed by atoms with E-state index in [0.717, 1.165) is 42.5 Å². The number of unbranched alkanes of at least 4 members (excludes halogenated alkanes) is 1. The maximum absolute atomic E-state index is 13.3. The highest BCUT2D eigenvalue weighted by Gasteiger charge is 2.32. The molecule has 2 unspecified atom stereocenters. The van der Waals surface area contributed by atoms with E-state index in [1.165, 1.54) is 32.1 Å². The number of likely N-dealkylation sites (N-methyl/N-ethyl adjacent to an activating group) is 1. The van der Waals surface area contributed by atoms with Gasteiger partial charge in [-0.1, -0.05) is 74.1 Å². The predicted molar refractivity (Wildman–Crippen MR) is 143 cm³/mol. The number of carbonyl (C=O) groups is 1. The molecule has 3 rings (SSSR count). The van der Waals surface area contributed by atoms with Gasteiger partial charge in [-0.15, -0.1) is 0 Å². The fourth-order valence-electron chi connectivity index (χ4n) is 5.44. The average Bonchev–Trinajstić information content (AvgIpc) is 2.87. The number of benzene rings is 2. The van der Waals surface area contributed by atoms with Crippen LogP contribution in [-0.2, 0) is 10.3 Å². The molecule has 0 bridgehead atoms. The zero-order valence-corrected chi connectivity index (χ0v) is 21.8. The molecule has 3 N–H and O–H groups in total. The minimum atomic E-state index is -1.16. The van der Waals surface area contributed by atoms with E-state index in [4.69, 9.17) is 4.74 Å². The van der Waals surface area contributed by atoms with Gasteiger partial charge in [-0.3, -0.25) is 4.79 Å². The van der Waals surface area contributed by atoms with Crippen molar-refractivity contribution in [3.05, 3.63) is 70.8 Å². The van der Waals surface area contributed by atoms with Crippen molar-refractivity contribution in [2.45, 2.75) is 76.4 Å². The first-order valence-corrected chi connectivity index (χ1v) is 13.3. The number of rotatable bonds is 13. The molecule has 5 nitrogen and oxygen atoms in total. The first-order chi connectivity index (χ1) is 17.0. The summed E-state index contributed by atoms with van der Waals surface area (Å²) in [6, 6.07) is 15.7. The molecular weight excluding hydrogens is 436 g/mol. The molecule has 0 aliphatic heterocycles. The molecule has 1 saturated carbocycles. The van der Waals surface area contributed by atoms with E-state index in [9.17, 15) is 9.90 Å². The Bertz CT molecular complexity index is 925. The summed E-state index contributed by atoms with van der Waals surface area (Å²) in [6.45, 7) is 3.46. The summed E-state index contributed by atoms with van der Waals surface area (Å²) in [5.41, 5.74) is 2.14. The Kier molecular flexibility index (Phi) is 10.8. The summed E-state index contributed by atoms with van der Waals surface area (Å²) >= 11 is 0. The third-order valence-corrected chi connectivity index (χ3v) is 7.36. The van der Waals surface area contributed by atoms with Gasteiger partial charge in [-0.2, -0.15) is 0 Å². The van der Waals surface area contributed by atoms with E-state index < -0.39 is 5.60 Å². The SMILES string of the molecule is CNCC(CC1CCCCC1)NC(=O)c1cccc(C(O)(CCCCOC)c2cccc(C)c2)c1. The van der Waals surface area contributed by atoms with Crippen molar-refractivity contribution < 1.29 is 14.6 Å². The summed E-state index contributed by atoms with van der Waals surface area (Å²) in [4.78, 5) is 13.3.